The van der Waals surface area contributed by atoms with Gasteiger partial charge in [-0.1, -0.05) is 31.2 Å². The van der Waals surface area contributed by atoms with Crippen molar-refractivity contribution in [1.82, 2.24) is 30.1 Å². The second-order valence-electron chi connectivity index (χ2n) is 14.5. The molecule has 0 spiro atoms. The van der Waals surface area contributed by atoms with E-state index in [1.165, 1.54) is 29.4 Å². The number of methoxy groups -OCH3 is 1. The highest BCUT2D eigenvalue weighted by molar-refractivity contribution is 7.21. The largest absolute Gasteiger partial charge is 0.444 e. The number of aromatic amines is 1. The van der Waals surface area contributed by atoms with Gasteiger partial charge >= 0.3 is 12.1 Å². The first kappa shape index (κ1) is 38.3. The molecule has 15 nitrogen and oxygen atoms in total. The number of aromatic nitrogens is 3. The van der Waals surface area contributed by atoms with Crippen LogP contribution in [0.4, 0.5) is 15.3 Å². The Balaban J connectivity index is 1.08. The maximum absolute atomic E-state index is 13.5. The number of carbonyl (C=O) groups excluding carboxylic acids is 5. The monoisotopic (exact) mass is 756 g/mol. The molecule has 0 bridgehead atoms. The summed E-state index contributed by atoms with van der Waals surface area (Å²) in [4.78, 5) is 82.0. The maximum Gasteiger partial charge on any atom is 0.410 e. The van der Waals surface area contributed by atoms with Crippen LogP contribution < -0.4 is 10.6 Å². The quantitative estimate of drug-likeness (QED) is 0.128. The summed E-state index contributed by atoms with van der Waals surface area (Å²) in [6.45, 7) is 8.23. The Kier molecular flexibility index (Phi) is 11.5. The fourth-order valence-corrected chi connectivity index (χ4v) is 7.85. The molecule has 54 heavy (non-hydrogen) atoms. The molecule has 0 saturated carbocycles. The number of fused-ring (bicyclic) bond motifs is 1. The van der Waals surface area contributed by atoms with E-state index in [0.717, 1.165) is 44.9 Å². The number of hydrogen-bond acceptors (Lipinski definition) is 11. The number of aliphatic imine (C=N–C) groups is 1. The van der Waals surface area contributed by atoms with Crippen molar-refractivity contribution in [3.05, 3.63) is 54.5 Å². The zero-order chi connectivity index (χ0) is 38.6. The zero-order valence-electron chi connectivity index (χ0n) is 30.9. The Hall–Kier alpha value is -5.44. The number of likely N-dealkylation sites (tertiary alicyclic amines) is 2. The highest BCUT2D eigenvalue weighted by atomic mass is 32.1. The van der Waals surface area contributed by atoms with Gasteiger partial charge in [0.25, 0.3) is 11.8 Å². The summed E-state index contributed by atoms with van der Waals surface area (Å²) in [5, 5.41) is 5.87. The van der Waals surface area contributed by atoms with Gasteiger partial charge < -0.3 is 24.7 Å². The van der Waals surface area contributed by atoms with Crippen molar-refractivity contribution in [3.63, 3.8) is 0 Å². The second kappa shape index (κ2) is 16.3. The van der Waals surface area contributed by atoms with Crippen molar-refractivity contribution in [2.45, 2.75) is 77.2 Å². The lowest BCUT2D eigenvalue weighted by molar-refractivity contribution is -0.145. The third-order valence-corrected chi connectivity index (χ3v) is 10.5. The third-order valence-electron chi connectivity index (χ3n) is 9.41. The van der Waals surface area contributed by atoms with Crippen LogP contribution >= 0.6 is 11.3 Å². The number of ether oxygens (including phenoxy) is 2. The normalized spacial score (nSPS) is 18.2. The molecular formula is C38H44N8O7S. The van der Waals surface area contributed by atoms with Crippen molar-refractivity contribution in [2.24, 2.45) is 10.9 Å². The molecule has 284 valence electrons. The first-order valence-electron chi connectivity index (χ1n) is 17.9. The minimum atomic E-state index is -0.784. The zero-order valence-corrected chi connectivity index (χ0v) is 31.7. The average molecular weight is 757 g/mol. The predicted molar refractivity (Wildman–Crippen MR) is 202 cm³/mol. The SMILES string of the molecule is CO[C@H](C(=O)N1CCC[C@H]1c1ncc(-c2ccc(-c3nc4ccc(NC(=O)NC(=O)[C@@H]5CCCN5C(=O)OC(C)(C)C)cc4s3)cc2)[nH]1)C(C)CN=C=O. The minimum Gasteiger partial charge on any atom is -0.444 e. The summed E-state index contributed by atoms with van der Waals surface area (Å²) in [6, 6.07) is 11.5. The van der Waals surface area contributed by atoms with Crippen LogP contribution in [0.5, 0.6) is 0 Å². The molecule has 2 saturated heterocycles. The first-order chi connectivity index (χ1) is 25.8. The summed E-state index contributed by atoms with van der Waals surface area (Å²) < 4.78 is 11.8. The number of imidazole rings is 1. The number of carbonyl (C=O) groups is 4. The fourth-order valence-electron chi connectivity index (χ4n) is 6.84. The van der Waals surface area contributed by atoms with Gasteiger partial charge in [0, 0.05) is 37.4 Å². The van der Waals surface area contributed by atoms with Gasteiger partial charge in [0.1, 0.15) is 28.6 Å². The molecule has 4 aromatic rings. The molecule has 5 amide bonds. The second-order valence-corrected chi connectivity index (χ2v) is 15.5. The van der Waals surface area contributed by atoms with Crippen LogP contribution in [-0.2, 0) is 23.9 Å². The Labute approximate surface area is 316 Å². The number of imide groups is 1. The molecule has 2 aliphatic rings. The molecule has 2 aromatic carbocycles. The van der Waals surface area contributed by atoms with Crippen LogP contribution in [0.25, 0.3) is 32.0 Å². The number of isocyanates is 1. The smallest absolute Gasteiger partial charge is 0.410 e. The van der Waals surface area contributed by atoms with Gasteiger partial charge in [-0.15, -0.1) is 11.3 Å². The predicted octanol–water partition coefficient (Wildman–Crippen LogP) is 6.05. The Bertz CT molecular complexity index is 2070. The highest BCUT2D eigenvalue weighted by Gasteiger charge is 2.39. The number of rotatable bonds is 10. The number of thiazole rings is 1. The number of H-pyrrole nitrogens is 1. The lowest BCUT2D eigenvalue weighted by atomic mass is 10.0. The van der Waals surface area contributed by atoms with E-state index in [2.05, 4.69) is 25.6 Å². The van der Waals surface area contributed by atoms with Gasteiger partial charge in [0.15, 0.2) is 0 Å². The number of urea groups is 1. The van der Waals surface area contributed by atoms with Gasteiger partial charge in [0.2, 0.25) is 6.08 Å². The van der Waals surface area contributed by atoms with E-state index >= 15 is 0 Å². The lowest BCUT2D eigenvalue weighted by Crippen LogP contribution is -2.49. The van der Waals surface area contributed by atoms with E-state index < -0.39 is 35.8 Å². The molecule has 0 aliphatic carbocycles. The van der Waals surface area contributed by atoms with Crippen molar-refractivity contribution in [2.75, 3.05) is 32.1 Å². The van der Waals surface area contributed by atoms with E-state index in [0.29, 0.717) is 37.4 Å². The summed E-state index contributed by atoms with van der Waals surface area (Å²) in [5.41, 5.74) is 3.20. The van der Waals surface area contributed by atoms with Crippen LogP contribution in [0.3, 0.4) is 0 Å². The van der Waals surface area contributed by atoms with Crippen molar-refractivity contribution < 1.29 is 33.4 Å². The molecule has 2 aromatic heterocycles. The van der Waals surface area contributed by atoms with E-state index in [4.69, 9.17) is 14.5 Å². The van der Waals surface area contributed by atoms with Crippen molar-refractivity contribution in [3.8, 4) is 21.8 Å². The number of hydrogen-bond donors (Lipinski definition) is 3. The number of benzene rings is 2. The number of nitrogens with one attached hydrogen (secondary N) is 3. The molecule has 6 rings (SSSR count). The molecule has 4 atom stereocenters. The number of nitrogens with zero attached hydrogens (tertiary/aromatic N) is 5. The maximum atomic E-state index is 13.5. The molecule has 2 fully saturated rings. The summed E-state index contributed by atoms with van der Waals surface area (Å²) in [6.07, 6.45) is 4.66. The van der Waals surface area contributed by atoms with E-state index in [-0.39, 0.29) is 24.4 Å². The Morgan fingerprint density at radius 3 is 2.50 bits per heavy atom. The van der Waals surface area contributed by atoms with Crippen LogP contribution in [0.1, 0.15) is 65.2 Å². The van der Waals surface area contributed by atoms with Crippen LogP contribution in [0, 0.1) is 5.92 Å². The summed E-state index contributed by atoms with van der Waals surface area (Å²) in [7, 11) is 1.49. The van der Waals surface area contributed by atoms with Gasteiger partial charge in [-0.05, 0) is 70.2 Å². The molecular weight excluding hydrogens is 713 g/mol. The van der Waals surface area contributed by atoms with Crippen LogP contribution in [0.2, 0.25) is 0 Å². The molecule has 2 aliphatic heterocycles. The van der Waals surface area contributed by atoms with Gasteiger partial charge in [-0.2, -0.15) is 0 Å². The minimum absolute atomic E-state index is 0.152. The van der Waals surface area contributed by atoms with E-state index in [1.54, 1.807) is 50.1 Å². The van der Waals surface area contributed by atoms with Crippen molar-refractivity contribution in [1.29, 1.82) is 0 Å². The molecule has 16 heteroatoms. The first-order valence-corrected chi connectivity index (χ1v) is 18.7. The number of amides is 5. The van der Waals surface area contributed by atoms with Gasteiger partial charge in [0.05, 0.1) is 34.7 Å². The standard InChI is InChI=1S/C38H44N8O7S/c1-22(19-39-21-47)31(52-5)35(49)45-16-6-8-28(45)32-40-20-27(42-32)23-10-12-24(13-11-23)34-43-26-15-14-25(18-30(26)54-34)41-36(50)44-33(48)29-9-7-17-46(29)37(51)53-38(2,3)4/h10-15,18,20,22,28-29,31H,6-9,16-17,19H2,1-5H3,(H,40,42)(H2,41,44,48,50)/t22?,28-,29-,31-/m0/s1. The average Bonchev–Trinajstić information content (AvgIpc) is 3.96. The fraction of sp³-hybridized carbons (Fsp3) is 0.447. The van der Waals surface area contributed by atoms with Crippen molar-refractivity contribution >= 4 is 57.3 Å². The van der Waals surface area contributed by atoms with Crippen LogP contribution in [-0.4, -0.2) is 99.3 Å². The van der Waals surface area contributed by atoms with E-state index in [9.17, 15) is 24.0 Å². The molecule has 0 radical (unpaired) electrons. The Morgan fingerprint density at radius 2 is 1.78 bits per heavy atom. The summed E-state index contributed by atoms with van der Waals surface area (Å²) >= 11 is 1.47. The number of anilines is 1. The Morgan fingerprint density at radius 1 is 1.06 bits per heavy atom. The lowest BCUT2D eigenvalue weighted by Gasteiger charge is -2.29. The molecule has 1 unspecified atom stereocenters. The topological polar surface area (TPSA) is 188 Å². The van der Waals surface area contributed by atoms with E-state index in [1.807, 2.05) is 31.2 Å². The van der Waals surface area contributed by atoms with Gasteiger partial charge in [-0.25, -0.2) is 29.3 Å². The van der Waals surface area contributed by atoms with Crippen LogP contribution in [0.15, 0.2) is 53.7 Å². The molecule has 4 heterocycles. The van der Waals surface area contributed by atoms with Gasteiger partial charge in [-0.3, -0.25) is 19.8 Å². The third kappa shape index (κ3) is 8.67. The highest BCUT2D eigenvalue weighted by Crippen LogP contribution is 2.35. The molecule has 3 N–H and O–H groups in total. The summed E-state index contributed by atoms with van der Waals surface area (Å²) in [5.74, 6) is -0.299.